The van der Waals surface area contributed by atoms with Gasteiger partial charge in [0.15, 0.2) is 0 Å². The molecule has 6 heteroatoms. The van der Waals surface area contributed by atoms with Gasteiger partial charge in [-0.1, -0.05) is 47.1 Å². The number of hydrogen-bond donors (Lipinski definition) is 1. The van der Waals surface area contributed by atoms with Crippen LogP contribution in [0.4, 0.5) is 10.3 Å². The van der Waals surface area contributed by atoms with Crippen molar-refractivity contribution in [3.63, 3.8) is 0 Å². The van der Waals surface area contributed by atoms with Crippen LogP contribution in [0.15, 0.2) is 48.5 Å². The number of hydrogen-bond acceptors (Lipinski definition) is 4. The van der Waals surface area contributed by atoms with E-state index in [0.717, 1.165) is 12.0 Å². The highest BCUT2D eigenvalue weighted by atomic mass is 19.1. The maximum absolute atomic E-state index is 13.6. The fourth-order valence-corrected chi connectivity index (χ4v) is 3.05. The third-order valence-electron chi connectivity index (χ3n) is 4.26. The maximum atomic E-state index is 13.6. The molecule has 2 heterocycles. The van der Waals surface area contributed by atoms with Crippen LogP contribution in [0.5, 0.6) is 0 Å². The maximum Gasteiger partial charge on any atom is 0.243 e. The summed E-state index contributed by atoms with van der Waals surface area (Å²) in [6.45, 7) is 2.06. The second kappa shape index (κ2) is 5.46. The lowest BCUT2D eigenvalue weighted by Gasteiger charge is -2.31. The molecule has 1 aliphatic rings. The number of anilines is 1. The van der Waals surface area contributed by atoms with Gasteiger partial charge in [0.25, 0.3) is 0 Å². The zero-order valence-corrected chi connectivity index (χ0v) is 12.6. The van der Waals surface area contributed by atoms with Gasteiger partial charge in [0, 0.05) is 0 Å². The first-order valence-corrected chi connectivity index (χ1v) is 7.57. The summed E-state index contributed by atoms with van der Waals surface area (Å²) in [5, 5.41) is 15.2. The monoisotopic (exact) mass is 309 g/mol. The second-order valence-electron chi connectivity index (χ2n) is 5.86. The molecule has 0 radical (unpaired) electrons. The van der Waals surface area contributed by atoms with Crippen LogP contribution in [0.2, 0.25) is 0 Å². The molecule has 0 amide bonds. The first kappa shape index (κ1) is 13.9. The summed E-state index contributed by atoms with van der Waals surface area (Å²) in [6, 6.07) is 15.0. The van der Waals surface area contributed by atoms with E-state index in [4.69, 9.17) is 0 Å². The summed E-state index contributed by atoms with van der Waals surface area (Å²) in [4.78, 5) is 0. The molecule has 5 nitrogen and oxygen atoms in total. The van der Waals surface area contributed by atoms with E-state index in [1.165, 1.54) is 17.2 Å². The van der Waals surface area contributed by atoms with E-state index < -0.39 is 0 Å². The van der Waals surface area contributed by atoms with Gasteiger partial charge < -0.3 is 5.32 Å². The minimum absolute atomic E-state index is 0.0855. The van der Waals surface area contributed by atoms with Crippen LogP contribution in [-0.2, 0) is 0 Å². The number of nitrogens with zero attached hydrogens (tertiary/aromatic N) is 4. The molecule has 2 aromatic carbocycles. The third-order valence-corrected chi connectivity index (χ3v) is 4.26. The number of aromatic nitrogens is 4. The summed E-state index contributed by atoms with van der Waals surface area (Å²) in [7, 11) is 0. The molecule has 1 aliphatic heterocycles. The van der Waals surface area contributed by atoms with E-state index in [0.29, 0.717) is 5.95 Å². The first-order valence-electron chi connectivity index (χ1n) is 7.57. The lowest BCUT2D eigenvalue weighted by Crippen LogP contribution is -2.28. The molecule has 2 atom stereocenters. The van der Waals surface area contributed by atoms with Crippen molar-refractivity contribution < 1.29 is 4.39 Å². The minimum atomic E-state index is -0.248. The number of rotatable bonds is 2. The van der Waals surface area contributed by atoms with Crippen molar-refractivity contribution >= 4 is 5.95 Å². The Kier molecular flexibility index (Phi) is 3.29. The van der Waals surface area contributed by atoms with Crippen LogP contribution in [0.3, 0.4) is 0 Å². The predicted molar refractivity (Wildman–Crippen MR) is 84.5 cm³/mol. The number of tetrazole rings is 1. The minimum Gasteiger partial charge on any atom is -0.346 e. The van der Waals surface area contributed by atoms with Gasteiger partial charge in [-0.25, -0.2) is 9.07 Å². The van der Waals surface area contributed by atoms with Crippen molar-refractivity contribution in [3.05, 3.63) is 71.0 Å². The molecule has 1 aromatic heterocycles. The van der Waals surface area contributed by atoms with E-state index in [2.05, 4.69) is 52.0 Å². The van der Waals surface area contributed by atoms with E-state index in [1.807, 2.05) is 6.07 Å². The van der Waals surface area contributed by atoms with Crippen molar-refractivity contribution in [1.29, 1.82) is 0 Å². The quantitative estimate of drug-likeness (QED) is 0.789. The van der Waals surface area contributed by atoms with E-state index in [1.54, 1.807) is 16.8 Å². The highest BCUT2D eigenvalue weighted by molar-refractivity contribution is 5.38. The topological polar surface area (TPSA) is 55.6 Å². The van der Waals surface area contributed by atoms with Crippen molar-refractivity contribution in [3.8, 4) is 0 Å². The average molecular weight is 309 g/mol. The Labute approximate surface area is 133 Å². The molecular weight excluding hydrogens is 293 g/mol. The molecule has 23 heavy (non-hydrogen) atoms. The van der Waals surface area contributed by atoms with Gasteiger partial charge in [-0.2, -0.15) is 0 Å². The zero-order chi connectivity index (χ0) is 15.8. The number of fused-ring (bicyclic) bond motifs is 1. The molecule has 0 unspecified atom stereocenters. The second-order valence-corrected chi connectivity index (χ2v) is 5.86. The van der Waals surface area contributed by atoms with Crippen LogP contribution >= 0.6 is 0 Å². The lowest BCUT2D eigenvalue weighted by atomic mass is 9.93. The lowest BCUT2D eigenvalue weighted by molar-refractivity contribution is 0.422. The Morgan fingerprint density at radius 2 is 1.96 bits per heavy atom. The Morgan fingerprint density at radius 1 is 1.13 bits per heavy atom. The van der Waals surface area contributed by atoms with Crippen LogP contribution in [0, 0.1) is 12.7 Å². The van der Waals surface area contributed by atoms with Gasteiger partial charge in [0.2, 0.25) is 5.95 Å². The highest BCUT2D eigenvalue weighted by Gasteiger charge is 2.30. The molecule has 0 aliphatic carbocycles. The van der Waals surface area contributed by atoms with Crippen LogP contribution in [-0.4, -0.2) is 20.2 Å². The fourth-order valence-electron chi connectivity index (χ4n) is 3.05. The Bertz CT molecular complexity index is 827. The Hall–Kier alpha value is -2.76. The standard InChI is InChI=1S/C17H16FN5/c1-11-5-7-12(8-6-11)15-10-16(13-3-2-4-14(18)9-13)23-17(19-15)20-21-22-23/h2-9,15-16H,10H2,1H3,(H,19,20,22)/t15-,16+/m0/s1. The molecular formula is C17H16FN5. The van der Waals surface area contributed by atoms with Gasteiger partial charge in [0.1, 0.15) is 5.82 Å². The molecule has 4 rings (SSSR count). The zero-order valence-electron chi connectivity index (χ0n) is 12.6. The average Bonchev–Trinajstić information content (AvgIpc) is 3.03. The molecule has 3 aromatic rings. The number of aryl methyl sites for hydroxylation is 1. The third kappa shape index (κ3) is 2.56. The van der Waals surface area contributed by atoms with Gasteiger partial charge in [-0.05, 0) is 47.0 Å². The van der Waals surface area contributed by atoms with Crippen LogP contribution in [0.1, 0.15) is 35.2 Å². The van der Waals surface area contributed by atoms with Crippen molar-refractivity contribution in [1.82, 2.24) is 20.2 Å². The predicted octanol–water partition coefficient (Wildman–Crippen LogP) is 3.27. The smallest absolute Gasteiger partial charge is 0.243 e. The summed E-state index contributed by atoms with van der Waals surface area (Å²) in [5.41, 5.74) is 3.26. The fraction of sp³-hybridized carbons (Fsp3) is 0.235. The van der Waals surface area contributed by atoms with Gasteiger partial charge >= 0.3 is 0 Å². The molecule has 1 N–H and O–H groups in total. The van der Waals surface area contributed by atoms with Gasteiger partial charge in [-0.15, -0.1) is 0 Å². The van der Waals surface area contributed by atoms with Crippen molar-refractivity contribution in [2.45, 2.75) is 25.4 Å². The molecule has 0 saturated heterocycles. The van der Waals surface area contributed by atoms with Gasteiger partial charge in [-0.3, -0.25) is 0 Å². The molecule has 0 saturated carbocycles. The van der Waals surface area contributed by atoms with E-state index in [9.17, 15) is 4.39 Å². The largest absolute Gasteiger partial charge is 0.346 e. The van der Waals surface area contributed by atoms with E-state index >= 15 is 0 Å². The summed E-state index contributed by atoms with van der Waals surface area (Å²) in [5.74, 6) is 0.360. The Morgan fingerprint density at radius 3 is 2.74 bits per heavy atom. The SMILES string of the molecule is Cc1ccc([C@@H]2C[C@H](c3cccc(F)c3)n3nnnc3N2)cc1. The normalized spacial score (nSPS) is 19.9. The first-order chi connectivity index (χ1) is 11.2. The summed E-state index contributed by atoms with van der Waals surface area (Å²) in [6.07, 6.45) is 0.755. The van der Waals surface area contributed by atoms with Crippen molar-refractivity contribution in [2.24, 2.45) is 0 Å². The molecule has 0 spiro atoms. The number of benzene rings is 2. The number of halogens is 1. The number of nitrogens with one attached hydrogen (secondary N) is 1. The highest BCUT2D eigenvalue weighted by Crippen LogP contribution is 2.37. The van der Waals surface area contributed by atoms with Crippen LogP contribution in [0.25, 0.3) is 0 Å². The van der Waals surface area contributed by atoms with Crippen molar-refractivity contribution in [2.75, 3.05) is 5.32 Å². The van der Waals surface area contributed by atoms with Crippen LogP contribution < -0.4 is 5.32 Å². The summed E-state index contributed by atoms with van der Waals surface area (Å²) >= 11 is 0. The van der Waals surface area contributed by atoms with Gasteiger partial charge in [0.05, 0.1) is 12.1 Å². The molecule has 0 fully saturated rings. The van der Waals surface area contributed by atoms with E-state index in [-0.39, 0.29) is 17.9 Å². The molecule has 116 valence electrons. The molecule has 0 bridgehead atoms. The summed E-state index contributed by atoms with van der Waals surface area (Å²) < 4.78 is 15.3. The Balaban J connectivity index is 1.73.